The van der Waals surface area contributed by atoms with Crippen LogP contribution in [-0.4, -0.2) is 36.2 Å². The van der Waals surface area contributed by atoms with Crippen molar-refractivity contribution >= 4 is 11.6 Å². The van der Waals surface area contributed by atoms with Crippen LogP contribution in [0.2, 0.25) is 0 Å². The average Bonchev–Trinajstić information content (AvgIpc) is 2.94. The first-order chi connectivity index (χ1) is 8.66. The van der Waals surface area contributed by atoms with Crippen LogP contribution in [0.15, 0.2) is 24.3 Å². The van der Waals surface area contributed by atoms with Crippen LogP contribution in [-0.2, 0) is 4.79 Å². The van der Waals surface area contributed by atoms with Crippen molar-refractivity contribution < 1.29 is 9.90 Å². The lowest BCUT2D eigenvalue weighted by molar-refractivity contribution is -0.120. The lowest BCUT2D eigenvalue weighted by atomic mass is 10.0. The zero-order valence-electron chi connectivity index (χ0n) is 10.5. The fourth-order valence-electron chi connectivity index (χ4n) is 2.92. The number of benzene rings is 1. The minimum absolute atomic E-state index is 0.0864. The summed E-state index contributed by atoms with van der Waals surface area (Å²) in [6.45, 7) is 3.40. The number of carbonyl (C=O) groups is 1. The number of hydrogen-bond acceptors (Lipinski definition) is 3. The summed E-state index contributed by atoms with van der Waals surface area (Å²) >= 11 is 0. The fourth-order valence-corrected chi connectivity index (χ4v) is 2.92. The van der Waals surface area contributed by atoms with Gasteiger partial charge in [0.05, 0.1) is 12.1 Å². The molecule has 2 aliphatic rings. The van der Waals surface area contributed by atoms with E-state index in [9.17, 15) is 9.90 Å². The second kappa shape index (κ2) is 4.37. The molecule has 2 N–H and O–H groups in total. The molecule has 2 heterocycles. The highest BCUT2D eigenvalue weighted by atomic mass is 16.3. The van der Waals surface area contributed by atoms with Gasteiger partial charge in [-0.15, -0.1) is 0 Å². The Morgan fingerprint density at radius 3 is 2.94 bits per heavy atom. The van der Waals surface area contributed by atoms with Gasteiger partial charge in [-0.2, -0.15) is 0 Å². The lowest BCUT2D eigenvalue weighted by Gasteiger charge is -2.21. The number of anilines is 1. The SMILES string of the molecule is C[C@@H]1CN(C(=O)[C@@H]2C[C@@H](O)CN2)c2ccccc21. The Labute approximate surface area is 107 Å². The zero-order valence-corrected chi connectivity index (χ0v) is 10.5. The topological polar surface area (TPSA) is 52.6 Å². The van der Waals surface area contributed by atoms with Gasteiger partial charge in [0.25, 0.3) is 0 Å². The monoisotopic (exact) mass is 246 g/mol. The summed E-state index contributed by atoms with van der Waals surface area (Å²) in [5.41, 5.74) is 2.27. The minimum Gasteiger partial charge on any atom is -0.392 e. The summed E-state index contributed by atoms with van der Waals surface area (Å²) in [5, 5.41) is 12.6. The molecule has 4 heteroatoms. The predicted octanol–water partition coefficient (Wildman–Crippen LogP) is 0.859. The first-order valence-corrected chi connectivity index (χ1v) is 6.48. The Morgan fingerprint density at radius 2 is 2.22 bits per heavy atom. The number of aliphatic hydroxyl groups excluding tert-OH is 1. The van der Waals surface area contributed by atoms with Crippen molar-refractivity contribution in [1.29, 1.82) is 0 Å². The smallest absolute Gasteiger partial charge is 0.244 e. The number of nitrogens with one attached hydrogen (secondary N) is 1. The van der Waals surface area contributed by atoms with Crippen molar-refractivity contribution in [1.82, 2.24) is 5.32 Å². The second-order valence-corrected chi connectivity index (χ2v) is 5.26. The minimum atomic E-state index is -0.394. The van der Waals surface area contributed by atoms with Crippen LogP contribution in [0.25, 0.3) is 0 Å². The van der Waals surface area contributed by atoms with Crippen molar-refractivity contribution in [3.63, 3.8) is 0 Å². The van der Waals surface area contributed by atoms with E-state index in [4.69, 9.17) is 0 Å². The number of nitrogens with zero attached hydrogens (tertiary/aromatic N) is 1. The van der Waals surface area contributed by atoms with Gasteiger partial charge < -0.3 is 15.3 Å². The number of fused-ring (bicyclic) bond motifs is 1. The maximum absolute atomic E-state index is 12.5. The molecule has 0 unspecified atom stereocenters. The van der Waals surface area contributed by atoms with E-state index in [-0.39, 0.29) is 11.9 Å². The maximum Gasteiger partial charge on any atom is 0.244 e. The predicted molar refractivity (Wildman–Crippen MR) is 69.6 cm³/mol. The Bertz CT molecular complexity index is 475. The summed E-state index contributed by atoms with van der Waals surface area (Å²) in [5.74, 6) is 0.472. The van der Waals surface area contributed by atoms with Gasteiger partial charge in [-0.3, -0.25) is 4.79 Å². The zero-order chi connectivity index (χ0) is 12.7. The number of rotatable bonds is 1. The highest BCUT2D eigenvalue weighted by molar-refractivity contribution is 5.99. The summed E-state index contributed by atoms with van der Waals surface area (Å²) in [6, 6.07) is 7.83. The first kappa shape index (κ1) is 11.7. The lowest BCUT2D eigenvalue weighted by Crippen LogP contribution is -2.43. The van der Waals surface area contributed by atoms with Crippen molar-refractivity contribution in [2.45, 2.75) is 31.4 Å². The van der Waals surface area contributed by atoms with Crippen molar-refractivity contribution in [3.8, 4) is 0 Å². The highest BCUT2D eigenvalue weighted by Gasteiger charge is 2.36. The Hall–Kier alpha value is -1.39. The van der Waals surface area contributed by atoms with Gasteiger partial charge in [-0.1, -0.05) is 25.1 Å². The fraction of sp³-hybridized carbons (Fsp3) is 0.500. The van der Waals surface area contributed by atoms with Crippen LogP contribution >= 0.6 is 0 Å². The third-order valence-corrected chi connectivity index (χ3v) is 3.89. The van der Waals surface area contributed by atoms with Gasteiger partial charge >= 0.3 is 0 Å². The molecule has 0 aliphatic carbocycles. The van der Waals surface area contributed by atoms with Crippen LogP contribution < -0.4 is 10.2 Å². The van der Waals surface area contributed by atoms with Gasteiger partial charge in [0.1, 0.15) is 0 Å². The summed E-state index contributed by atoms with van der Waals surface area (Å²) in [4.78, 5) is 14.3. The molecule has 96 valence electrons. The molecule has 3 rings (SSSR count). The van der Waals surface area contributed by atoms with Gasteiger partial charge in [0.2, 0.25) is 5.91 Å². The van der Waals surface area contributed by atoms with Crippen molar-refractivity contribution in [2.75, 3.05) is 18.0 Å². The molecule has 1 aromatic rings. The molecule has 1 amide bonds. The Morgan fingerprint density at radius 1 is 1.44 bits per heavy atom. The molecule has 0 radical (unpaired) electrons. The summed E-state index contributed by atoms with van der Waals surface area (Å²) < 4.78 is 0. The molecule has 18 heavy (non-hydrogen) atoms. The third-order valence-electron chi connectivity index (χ3n) is 3.89. The first-order valence-electron chi connectivity index (χ1n) is 6.48. The van der Waals surface area contributed by atoms with Crippen LogP contribution in [0.1, 0.15) is 24.8 Å². The third kappa shape index (κ3) is 1.82. The van der Waals surface area contributed by atoms with Crippen LogP contribution in [0.4, 0.5) is 5.69 Å². The summed E-state index contributed by atoms with van der Waals surface area (Å²) in [6.07, 6.45) is 0.125. The highest BCUT2D eigenvalue weighted by Crippen LogP contribution is 2.36. The van der Waals surface area contributed by atoms with Crippen molar-refractivity contribution in [3.05, 3.63) is 29.8 Å². The molecule has 3 atom stereocenters. The van der Waals surface area contributed by atoms with E-state index in [2.05, 4.69) is 18.3 Å². The van der Waals surface area contributed by atoms with Crippen LogP contribution in [0.5, 0.6) is 0 Å². The van der Waals surface area contributed by atoms with E-state index in [1.807, 2.05) is 23.1 Å². The number of para-hydroxylation sites is 1. The van der Waals surface area contributed by atoms with Gasteiger partial charge in [0, 0.05) is 24.7 Å². The summed E-state index contributed by atoms with van der Waals surface area (Å²) in [7, 11) is 0. The van der Waals surface area contributed by atoms with E-state index in [1.165, 1.54) is 5.56 Å². The van der Waals surface area contributed by atoms with Gasteiger partial charge in [-0.05, 0) is 18.1 Å². The Kier molecular flexibility index (Phi) is 2.84. The number of aliphatic hydroxyl groups is 1. The van der Waals surface area contributed by atoms with Crippen molar-refractivity contribution in [2.24, 2.45) is 0 Å². The quantitative estimate of drug-likeness (QED) is 0.772. The molecule has 1 saturated heterocycles. The van der Waals surface area contributed by atoms with Crippen LogP contribution in [0.3, 0.4) is 0 Å². The maximum atomic E-state index is 12.5. The Balaban J connectivity index is 1.84. The number of hydrogen-bond donors (Lipinski definition) is 2. The van der Waals surface area contributed by atoms with Gasteiger partial charge in [0.15, 0.2) is 0 Å². The number of β-amino-alcohol motifs (C(OH)–C–C–N with tert-alkyl or cyclic N) is 1. The molecular formula is C14H18N2O2. The molecule has 1 fully saturated rings. The molecule has 4 nitrogen and oxygen atoms in total. The standard InChI is InChI=1S/C14H18N2O2/c1-9-8-16(13-5-3-2-4-11(9)13)14(18)12-6-10(17)7-15-12/h2-5,9-10,12,15,17H,6-8H2,1H3/t9-,10-,12+/m1/s1. The van der Waals surface area contributed by atoms with E-state index in [0.29, 0.717) is 18.9 Å². The normalized spacial score (nSPS) is 30.6. The molecule has 0 bridgehead atoms. The van der Waals surface area contributed by atoms with E-state index >= 15 is 0 Å². The molecular weight excluding hydrogens is 228 g/mol. The van der Waals surface area contributed by atoms with Crippen LogP contribution in [0, 0.1) is 0 Å². The molecule has 2 aliphatic heterocycles. The van der Waals surface area contributed by atoms with E-state index in [0.717, 1.165) is 12.2 Å². The average molecular weight is 246 g/mol. The molecule has 0 saturated carbocycles. The second-order valence-electron chi connectivity index (χ2n) is 5.26. The molecule has 1 aromatic carbocycles. The molecule has 0 aromatic heterocycles. The largest absolute Gasteiger partial charge is 0.392 e. The van der Waals surface area contributed by atoms with E-state index < -0.39 is 6.10 Å². The number of amides is 1. The van der Waals surface area contributed by atoms with Gasteiger partial charge in [-0.25, -0.2) is 0 Å². The number of carbonyl (C=O) groups excluding carboxylic acids is 1. The van der Waals surface area contributed by atoms with E-state index in [1.54, 1.807) is 0 Å². The molecule has 0 spiro atoms.